The molecule has 1 heterocycles. The van der Waals surface area contributed by atoms with Gasteiger partial charge in [-0.05, 0) is 12.0 Å². The Hall–Kier alpha value is -1.60. The summed E-state index contributed by atoms with van der Waals surface area (Å²) in [7, 11) is -3.24. The van der Waals surface area contributed by atoms with Crippen LogP contribution in [0, 0.1) is 0 Å². The average Bonchev–Trinajstić information content (AvgIpc) is 2.81. The molecule has 0 aromatic heterocycles. The van der Waals surface area contributed by atoms with Gasteiger partial charge in [-0.3, -0.25) is 0 Å². The summed E-state index contributed by atoms with van der Waals surface area (Å²) in [5.41, 5.74) is 0.944. The van der Waals surface area contributed by atoms with Crippen LogP contribution in [0.1, 0.15) is 25.0 Å². The van der Waals surface area contributed by atoms with Gasteiger partial charge in [0.05, 0.1) is 12.3 Å². The van der Waals surface area contributed by atoms with Crippen LogP contribution in [0.2, 0.25) is 0 Å². The number of carbonyl (C=O) groups is 1. The highest BCUT2D eigenvalue weighted by molar-refractivity contribution is 7.89. The Morgan fingerprint density at radius 2 is 2.05 bits per heavy atom. The Morgan fingerprint density at radius 1 is 1.33 bits per heavy atom. The molecule has 116 valence electrons. The van der Waals surface area contributed by atoms with Crippen LogP contribution in [0.4, 0.5) is 4.79 Å². The average molecular weight is 312 g/mol. The van der Waals surface area contributed by atoms with E-state index in [-0.39, 0.29) is 18.4 Å². The number of cyclic esters (lactones) is 1. The molecule has 0 radical (unpaired) electrons. The summed E-state index contributed by atoms with van der Waals surface area (Å²) in [6.07, 6.45) is -0.124. The van der Waals surface area contributed by atoms with Gasteiger partial charge in [-0.1, -0.05) is 37.3 Å². The van der Waals surface area contributed by atoms with Crippen LogP contribution in [-0.4, -0.2) is 44.8 Å². The molecule has 0 saturated carbocycles. The lowest BCUT2D eigenvalue weighted by atomic mass is 10.1. The second-order valence-corrected chi connectivity index (χ2v) is 6.87. The molecule has 21 heavy (non-hydrogen) atoms. The molecule has 1 aliphatic heterocycles. The highest BCUT2D eigenvalue weighted by atomic mass is 32.2. The van der Waals surface area contributed by atoms with Crippen LogP contribution in [0.5, 0.6) is 0 Å². The quantitative estimate of drug-likeness (QED) is 0.828. The number of hydrogen-bond acceptors (Lipinski definition) is 4. The number of ether oxygens (including phenoxy) is 1. The number of rotatable bonds is 7. The molecular weight excluding hydrogens is 292 g/mol. The van der Waals surface area contributed by atoms with E-state index in [0.29, 0.717) is 19.5 Å². The highest BCUT2D eigenvalue weighted by Gasteiger charge is 2.31. The van der Waals surface area contributed by atoms with E-state index in [1.807, 2.05) is 37.3 Å². The van der Waals surface area contributed by atoms with Crippen molar-refractivity contribution in [1.82, 2.24) is 9.62 Å². The van der Waals surface area contributed by atoms with E-state index in [1.54, 1.807) is 0 Å². The SMILES string of the molecule is CCCS(=O)(=O)NCCN1CC(c2ccccc2)OC1=O. The van der Waals surface area contributed by atoms with Gasteiger partial charge in [-0.25, -0.2) is 17.9 Å². The van der Waals surface area contributed by atoms with Crippen molar-refractivity contribution >= 4 is 16.1 Å². The minimum Gasteiger partial charge on any atom is -0.439 e. The molecule has 6 nitrogen and oxygen atoms in total. The summed E-state index contributed by atoms with van der Waals surface area (Å²) >= 11 is 0. The van der Waals surface area contributed by atoms with Crippen LogP contribution in [0.25, 0.3) is 0 Å². The van der Waals surface area contributed by atoms with Crippen molar-refractivity contribution in [2.75, 3.05) is 25.4 Å². The predicted molar refractivity (Wildman–Crippen MR) is 79.3 cm³/mol. The van der Waals surface area contributed by atoms with E-state index in [9.17, 15) is 13.2 Å². The maximum atomic E-state index is 11.8. The Balaban J connectivity index is 1.84. The van der Waals surface area contributed by atoms with Crippen molar-refractivity contribution in [1.29, 1.82) is 0 Å². The van der Waals surface area contributed by atoms with Crippen molar-refractivity contribution in [2.24, 2.45) is 0 Å². The lowest BCUT2D eigenvalue weighted by Crippen LogP contribution is -2.36. The number of carbonyl (C=O) groups excluding carboxylic acids is 1. The molecule has 1 N–H and O–H groups in total. The molecule has 1 atom stereocenters. The standard InChI is InChI=1S/C14H20N2O4S/c1-2-10-21(18,19)15-8-9-16-11-13(20-14(16)17)12-6-4-3-5-7-12/h3-7,13,15H,2,8-11H2,1H3. The van der Waals surface area contributed by atoms with Crippen LogP contribution in [0.15, 0.2) is 30.3 Å². The van der Waals surface area contributed by atoms with E-state index in [1.165, 1.54) is 4.90 Å². The lowest BCUT2D eigenvalue weighted by molar-refractivity contribution is 0.133. The van der Waals surface area contributed by atoms with E-state index in [0.717, 1.165) is 5.56 Å². The van der Waals surface area contributed by atoms with Crippen LogP contribution < -0.4 is 4.72 Å². The summed E-state index contributed by atoms with van der Waals surface area (Å²) in [5, 5.41) is 0. The molecule has 1 aromatic carbocycles. The molecular formula is C14H20N2O4S. The summed E-state index contributed by atoms with van der Waals surface area (Å²) in [6, 6.07) is 9.51. The first-order valence-corrected chi connectivity index (χ1v) is 8.65. The van der Waals surface area contributed by atoms with Gasteiger partial charge in [0.15, 0.2) is 0 Å². The van der Waals surface area contributed by atoms with Crippen molar-refractivity contribution in [3.63, 3.8) is 0 Å². The van der Waals surface area contributed by atoms with Gasteiger partial charge >= 0.3 is 6.09 Å². The fourth-order valence-electron chi connectivity index (χ4n) is 2.21. The van der Waals surface area contributed by atoms with E-state index < -0.39 is 16.1 Å². The Morgan fingerprint density at radius 3 is 2.71 bits per heavy atom. The van der Waals surface area contributed by atoms with Gasteiger partial charge in [-0.15, -0.1) is 0 Å². The topological polar surface area (TPSA) is 75.7 Å². The molecule has 0 bridgehead atoms. The van der Waals surface area contributed by atoms with E-state index in [2.05, 4.69) is 4.72 Å². The number of sulfonamides is 1. The summed E-state index contributed by atoms with van der Waals surface area (Å²) in [5.74, 6) is 0.101. The largest absolute Gasteiger partial charge is 0.439 e. The number of nitrogens with one attached hydrogen (secondary N) is 1. The van der Waals surface area contributed by atoms with Crippen LogP contribution in [-0.2, 0) is 14.8 Å². The predicted octanol–water partition coefficient (Wildman–Crippen LogP) is 1.51. The fraction of sp³-hybridized carbons (Fsp3) is 0.500. The Labute approximate surface area is 125 Å². The van der Waals surface area contributed by atoms with Gasteiger partial charge in [0.1, 0.15) is 6.10 Å². The van der Waals surface area contributed by atoms with Gasteiger partial charge in [-0.2, -0.15) is 0 Å². The Bertz CT molecular complexity index is 574. The smallest absolute Gasteiger partial charge is 0.410 e. The van der Waals surface area contributed by atoms with Crippen molar-refractivity contribution < 1.29 is 17.9 Å². The monoisotopic (exact) mass is 312 g/mol. The highest BCUT2D eigenvalue weighted by Crippen LogP contribution is 2.25. The summed E-state index contributed by atoms with van der Waals surface area (Å²) in [6.45, 7) is 2.77. The summed E-state index contributed by atoms with van der Waals surface area (Å²) in [4.78, 5) is 13.3. The summed E-state index contributed by atoms with van der Waals surface area (Å²) < 4.78 is 30.8. The maximum Gasteiger partial charge on any atom is 0.410 e. The minimum absolute atomic E-state index is 0.101. The molecule has 1 fully saturated rings. The number of amides is 1. The lowest BCUT2D eigenvalue weighted by Gasteiger charge is -2.13. The first kappa shape index (κ1) is 15.8. The molecule has 1 amide bonds. The second kappa shape index (κ2) is 6.91. The molecule has 0 spiro atoms. The molecule has 0 aliphatic carbocycles. The third-order valence-corrected chi connectivity index (χ3v) is 4.83. The molecule has 1 aliphatic rings. The van der Waals surface area contributed by atoms with E-state index in [4.69, 9.17) is 4.74 Å². The van der Waals surface area contributed by atoms with Crippen LogP contribution in [0.3, 0.4) is 0 Å². The Kier molecular flexibility index (Phi) is 5.19. The van der Waals surface area contributed by atoms with Crippen LogP contribution >= 0.6 is 0 Å². The minimum atomic E-state index is -3.24. The zero-order valence-electron chi connectivity index (χ0n) is 12.0. The molecule has 1 unspecified atom stereocenters. The number of nitrogens with zero attached hydrogens (tertiary/aromatic N) is 1. The van der Waals surface area contributed by atoms with Gasteiger partial charge in [0.25, 0.3) is 0 Å². The normalized spacial score (nSPS) is 18.8. The molecule has 1 saturated heterocycles. The maximum absolute atomic E-state index is 11.8. The molecule has 1 aromatic rings. The van der Waals surface area contributed by atoms with Gasteiger partial charge in [0, 0.05) is 13.1 Å². The molecule has 7 heteroatoms. The van der Waals surface area contributed by atoms with Gasteiger partial charge < -0.3 is 9.64 Å². The fourth-order valence-corrected chi connectivity index (χ4v) is 3.29. The third-order valence-electron chi connectivity index (χ3n) is 3.24. The number of hydrogen-bond donors (Lipinski definition) is 1. The zero-order chi connectivity index (χ0) is 15.3. The first-order chi connectivity index (χ1) is 10.0. The second-order valence-electron chi connectivity index (χ2n) is 4.94. The number of benzene rings is 1. The zero-order valence-corrected chi connectivity index (χ0v) is 12.8. The third kappa shape index (κ3) is 4.44. The van der Waals surface area contributed by atoms with Gasteiger partial charge in [0.2, 0.25) is 10.0 Å². The van der Waals surface area contributed by atoms with Crippen molar-refractivity contribution in [2.45, 2.75) is 19.4 Å². The first-order valence-electron chi connectivity index (χ1n) is 6.99. The van der Waals surface area contributed by atoms with E-state index >= 15 is 0 Å². The van der Waals surface area contributed by atoms with Crippen molar-refractivity contribution in [3.05, 3.63) is 35.9 Å². The van der Waals surface area contributed by atoms with Crippen molar-refractivity contribution in [3.8, 4) is 0 Å². The molecule has 2 rings (SSSR count).